The van der Waals surface area contributed by atoms with Gasteiger partial charge in [0.2, 0.25) is 0 Å². The summed E-state index contributed by atoms with van der Waals surface area (Å²) in [5.41, 5.74) is 0.810. The van der Waals surface area contributed by atoms with Crippen LogP contribution in [0.5, 0.6) is 0 Å². The zero-order valence-electron chi connectivity index (χ0n) is 8.80. The summed E-state index contributed by atoms with van der Waals surface area (Å²) in [4.78, 5) is 16.5. The number of pyridine rings is 2. The number of nitrogens with zero attached hydrogens (tertiary/aromatic N) is 3. The van der Waals surface area contributed by atoms with Gasteiger partial charge in [0.25, 0.3) is 5.09 Å². The smallest absolute Gasteiger partial charge is 0.344 e. The standard InChI is InChI=1S/C8H6N2.HNO3.2H3N.Pt/c1-3-7-4-2-6-10-8(7)9-5-1;2-1(3)4;;;/h1-6H;(H,2,3,4);2*1H3;/q;;;;+2. The van der Waals surface area contributed by atoms with Crippen molar-refractivity contribution in [3.63, 3.8) is 0 Å². The van der Waals surface area contributed by atoms with Crippen LogP contribution in [0.3, 0.4) is 0 Å². The maximum Gasteiger partial charge on any atom is 2.00 e. The van der Waals surface area contributed by atoms with Crippen molar-refractivity contribution in [2.45, 2.75) is 0 Å². The number of hydrogen-bond donors (Lipinski definition) is 3. The van der Waals surface area contributed by atoms with Gasteiger partial charge in [0, 0.05) is 17.8 Å². The predicted octanol–water partition coefficient (Wildman–Crippen LogP) is 1.60. The van der Waals surface area contributed by atoms with Crippen molar-refractivity contribution in [3.8, 4) is 0 Å². The van der Waals surface area contributed by atoms with Crippen LogP contribution in [-0.4, -0.2) is 20.3 Å². The fraction of sp³-hybridized carbons (Fsp3) is 0. The van der Waals surface area contributed by atoms with Crippen LogP contribution >= 0.6 is 0 Å². The molecule has 0 fully saturated rings. The second kappa shape index (κ2) is 10.9. The predicted molar refractivity (Wildman–Crippen MR) is 58.4 cm³/mol. The molecule has 0 aromatic carbocycles. The van der Waals surface area contributed by atoms with E-state index in [0.29, 0.717) is 0 Å². The number of aromatic nitrogens is 2. The molecule has 0 unspecified atom stereocenters. The third-order valence-electron chi connectivity index (χ3n) is 1.38. The van der Waals surface area contributed by atoms with Gasteiger partial charge >= 0.3 is 21.1 Å². The first-order chi connectivity index (χ1) is 6.70. The van der Waals surface area contributed by atoms with Gasteiger partial charge in [-0.1, -0.05) is 0 Å². The van der Waals surface area contributed by atoms with Crippen LogP contribution in [0.4, 0.5) is 0 Å². The molecule has 2 heterocycles. The molecular formula is C8H13N5O3Pt+2. The Kier molecular flexibility index (Phi) is 13.3. The molecule has 2 aromatic heterocycles. The Hall–Kier alpha value is -1.63. The minimum absolute atomic E-state index is 0. The topological polar surface area (TPSA) is 159 Å². The van der Waals surface area contributed by atoms with Gasteiger partial charge in [0.05, 0.1) is 0 Å². The van der Waals surface area contributed by atoms with E-state index in [0.717, 1.165) is 11.0 Å². The second-order valence-electron chi connectivity index (χ2n) is 2.29. The first kappa shape index (κ1) is 20.7. The second-order valence-corrected chi connectivity index (χ2v) is 2.29. The molecule has 96 valence electrons. The summed E-state index contributed by atoms with van der Waals surface area (Å²) in [6.45, 7) is 0. The molecule has 0 atom stereocenters. The van der Waals surface area contributed by atoms with E-state index in [-0.39, 0.29) is 33.4 Å². The van der Waals surface area contributed by atoms with Gasteiger partial charge in [0.15, 0.2) is 5.65 Å². The number of rotatable bonds is 0. The van der Waals surface area contributed by atoms with Crippen molar-refractivity contribution in [2.75, 3.05) is 0 Å². The first-order valence-electron chi connectivity index (χ1n) is 3.69. The third-order valence-corrected chi connectivity index (χ3v) is 1.38. The zero-order valence-corrected chi connectivity index (χ0v) is 11.1. The summed E-state index contributed by atoms with van der Waals surface area (Å²) in [5, 5.41) is 14.7. The van der Waals surface area contributed by atoms with Crippen LogP contribution in [0, 0.1) is 10.1 Å². The fourth-order valence-corrected chi connectivity index (χ4v) is 0.908. The Morgan fingerprint density at radius 1 is 1.12 bits per heavy atom. The van der Waals surface area contributed by atoms with E-state index in [1.165, 1.54) is 0 Å². The maximum atomic E-state index is 8.36. The van der Waals surface area contributed by atoms with Crippen LogP contribution in [0.15, 0.2) is 36.7 Å². The van der Waals surface area contributed by atoms with Gasteiger partial charge < -0.3 is 17.5 Å². The monoisotopic (exact) mass is 422 g/mol. The number of fused-ring (bicyclic) bond motifs is 1. The molecular weight excluding hydrogens is 409 g/mol. The Bertz CT molecular complexity index is 373. The summed E-state index contributed by atoms with van der Waals surface area (Å²) in [7, 11) is 0. The van der Waals surface area contributed by atoms with Gasteiger partial charge in [-0.3, -0.25) is 0 Å². The number of hydrogen-bond acceptors (Lipinski definition) is 6. The van der Waals surface area contributed by atoms with Crippen molar-refractivity contribution < 1.29 is 31.4 Å². The van der Waals surface area contributed by atoms with Crippen molar-refractivity contribution in [2.24, 2.45) is 0 Å². The molecule has 0 aliphatic heterocycles. The van der Waals surface area contributed by atoms with Crippen LogP contribution < -0.4 is 12.3 Å². The molecule has 0 saturated carbocycles. The van der Waals surface area contributed by atoms with E-state index in [9.17, 15) is 0 Å². The van der Waals surface area contributed by atoms with E-state index in [1.807, 2.05) is 24.3 Å². The van der Waals surface area contributed by atoms with Crippen molar-refractivity contribution >= 4 is 11.0 Å². The van der Waals surface area contributed by atoms with Gasteiger partial charge in [-0.15, -0.1) is 10.1 Å². The van der Waals surface area contributed by atoms with E-state index < -0.39 is 5.09 Å². The molecule has 8 nitrogen and oxygen atoms in total. The molecule has 2 aromatic rings. The maximum absolute atomic E-state index is 8.36. The average Bonchev–Trinajstić information content (AvgIpc) is 2.17. The molecule has 0 radical (unpaired) electrons. The summed E-state index contributed by atoms with van der Waals surface area (Å²) in [6, 6.07) is 7.80. The SMILES string of the molecule is N.N.O=[N+]([O-])O.[Pt+2].c1cnc2ncccc2c1. The van der Waals surface area contributed by atoms with Crippen molar-refractivity contribution in [1.29, 1.82) is 0 Å². The molecule has 0 aliphatic rings. The molecule has 0 aliphatic carbocycles. The summed E-state index contributed by atoms with van der Waals surface area (Å²) >= 11 is 0. The first-order valence-corrected chi connectivity index (χ1v) is 3.69. The van der Waals surface area contributed by atoms with E-state index in [2.05, 4.69) is 9.97 Å². The van der Waals surface area contributed by atoms with E-state index >= 15 is 0 Å². The Labute approximate surface area is 112 Å². The molecule has 2 rings (SSSR count). The molecule has 17 heavy (non-hydrogen) atoms. The van der Waals surface area contributed by atoms with E-state index in [4.69, 9.17) is 15.3 Å². The molecule has 9 heteroatoms. The molecule has 0 spiro atoms. The summed E-state index contributed by atoms with van der Waals surface area (Å²) in [5.74, 6) is 0. The van der Waals surface area contributed by atoms with Crippen molar-refractivity contribution in [3.05, 3.63) is 46.8 Å². The van der Waals surface area contributed by atoms with Gasteiger partial charge in [-0.2, -0.15) is 0 Å². The minimum Gasteiger partial charge on any atom is -0.344 e. The zero-order chi connectivity index (χ0) is 10.4. The van der Waals surface area contributed by atoms with Crippen molar-refractivity contribution in [1.82, 2.24) is 22.3 Å². The van der Waals surface area contributed by atoms with Gasteiger partial charge in [0.1, 0.15) is 0 Å². The van der Waals surface area contributed by atoms with Crippen LogP contribution in [0.1, 0.15) is 0 Å². The summed E-state index contributed by atoms with van der Waals surface area (Å²) < 4.78 is 0. The largest absolute Gasteiger partial charge is 2.00 e. The van der Waals surface area contributed by atoms with Gasteiger partial charge in [-0.05, 0) is 24.3 Å². The van der Waals surface area contributed by atoms with Crippen LogP contribution in [-0.2, 0) is 21.1 Å². The Balaban J connectivity index is -0.000000252. The molecule has 0 saturated heterocycles. The van der Waals surface area contributed by atoms with E-state index in [1.54, 1.807) is 12.4 Å². The minimum atomic E-state index is -1.50. The Morgan fingerprint density at radius 2 is 1.47 bits per heavy atom. The van der Waals surface area contributed by atoms with Crippen LogP contribution in [0.25, 0.3) is 11.0 Å². The van der Waals surface area contributed by atoms with Crippen LogP contribution in [0.2, 0.25) is 0 Å². The Morgan fingerprint density at radius 3 is 1.76 bits per heavy atom. The third kappa shape index (κ3) is 8.20. The average molecular weight is 422 g/mol. The summed E-state index contributed by atoms with van der Waals surface area (Å²) in [6.07, 6.45) is 3.49. The van der Waals surface area contributed by atoms with Gasteiger partial charge in [-0.25, -0.2) is 9.97 Å². The molecule has 0 amide bonds. The molecule has 7 N–H and O–H groups in total. The quantitative estimate of drug-likeness (QED) is 0.429. The fourth-order valence-electron chi connectivity index (χ4n) is 0.908. The normalized spacial score (nSPS) is 7.29. The molecule has 0 bridgehead atoms.